The maximum atomic E-state index is 11.2. The number of ether oxygens (including phenoxy) is 1. The summed E-state index contributed by atoms with van der Waals surface area (Å²) in [6.45, 7) is 4.50. The van der Waals surface area contributed by atoms with Gasteiger partial charge in [-0.25, -0.2) is 4.79 Å². The number of rotatable bonds is 5. The third-order valence-electron chi connectivity index (χ3n) is 2.68. The highest BCUT2D eigenvalue weighted by molar-refractivity contribution is 7.56. The van der Waals surface area contributed by atoms with E-state index in [0.29, 0.717) is 5.56 Å². The molecule has 0 amide bonds. The average molecular weight is 238 g/mol. The Balaban J connectivity index is 2.67. The number of benzene rings is 1. The molecule has 3 heteroatoms. The molecule has 1 aromatic carbocycles. The van der Waals surface area contributed by atoms with E-state index >= 15 is 0 Å². The monoisotopic (exact) mass is 238 g/mol. The number of carbonyl (C=O) groups is 1. The van der Waals surface area contributed by atoms with E-state index in [1.54, 1.807) is 0 Å². The fourth-order valence-electron chi connectivity index (χ4n) is 1.57. The third-order valence-corrected chi connectivity index (χ3v) is 5.28. The van der Waals surface area contributed by atoms with E-state index < -0.39 is 0 Å². The Morgan fingerprint density at radius 3 is 2.19 bits per heavy atom. The highest BCUT2D eigenvalue weighted by Crippen LogP contribution is 2.38. The molecule has 0 saturated carbocycles. The summed E-state index contributed by atoms with van der Waals surface area (Å²) in [6, 6.07) is 7.76. The van der Waals surface area contributed by atoms with Crippen LogP contribution in [0.15, 0.2) is 24.3 Å². The van der Waals surface area contributed by atoms with Gasteiger partial charge in [0.2, 0.25) is 0 Å². The van der Waals surface area contributed by atoms with Crippen LogP contribution in [0.3, 0.4) is 0 Å². The molecule has 0 heterocycles. The van der Waals surface area contributed by atoms with Gasteiger partial charge in [-0.15, -0.1) is 7.92 Å². The Morgan fingerprint density at radius 2 is 1.75 bits per heavy atom. The summed E-state index contributed by atoms with van der Waals surface area (Å²) in [7, 11) is 1.53. The van der Waals surface area contributed by atoms with Crippen molar-refractivity contribution in [2.45, 2.75) is 20.0 Å². The Hall–Kier alpha value is -0.880. The van der Waals surface area contributed by atoms with E-state index in [2.05, 4.69) is 18.6 Å². The summed E-state index contributed by atoms with van der Waals surface area (Å²) in [4.78, 5) is 11.2. The lowest BCUT2D eigenvalue weighted by atomic mass is 10.1. The van der Waals surface area contributed by atoms with Gasteiger partial charge in [-0.3, -0.25) is 0 Å². The molecule has 88 valence electrons. The number of esters is 1. The van der Waals surface area contributed by atoms with Crippen LogP contribution in [0.1, 0.15) is 29.8 Å². The van der Waals surface area contributed by atoms with E-state index in [9.17, 15) is 4.79 Å². The zero-order chi connectivity index (χ0) is 12.0. The SMILES string of the molecule is CCP(CC)Cc1ccc(C(=O)OC)cc1. The van der Waals surface area contributed by atoms with Crippen molar-refractivity contribution in [1.29, 1.82) is 0 Å². The van der Waals surface area contributed by atoms with Crippen LogP contribution in [0.2, 0.25) is 0 Å². The van der Waals surface area contributed by atoms with Gasteiger partial charge < -0.3 is 4.74 Å². The molecule has 0 aromatic heterocycles. The molecule has 0 spiro atoms. The zero-order valence-electron chi connectivity index (χ0n) is 10.2. The van der Waals surface area contributed by atoms with Crippen LogP contribution >= 0.6 is 7.92 Å². The van der Waals surface area contributed by atoms with Gasteiger partial charge in [0, 0.05) is 0 Å². The van der Waals surface area contributed by atoms with Gasteiger partial charge >= 0.3 is 5.97 Å². The first-order valence-electron chi connectivity index (χ1n) is 5.60. The van der Waals surface area contributed by atoms with Crippen molar-refractivity contribution in [3.05, 3.63) is 35.4 Å². The molecule has 1 aromatic rings. The van der Waals surface area contributed by atoms with E-state index in [4.69, 9.17) is 0 Å². The second-order valence-electron chi connectivity index (χ2n) is 3.65. The summed E-state index contributed by atoms with van der Waals surface area (Å²) >= 11 is 0. The number of hydrogen-bond acceptors (Lipinski definition) is 2. The summed E-state index contributed by atoms with van der Waals surface area (Å²) in [5.74, 6) is -0.264. The predicted octanol–water partition coefficient (Wildman–Crippen LogP) is 3.49. The lowest BCUT2D eigenvalue weighted by molar-refractivity contribution is 0.0601. The Labute approximate surface area is 98.8 Å². The molecule has 1 rings (SSSR count). The lowest BCUT2D eigenvalue weighted by Gasteiger charge is -2.13. The van der Waals surface area contributed by atoms with Crippen LogP contribution in [0.25, 0.3) is 0 Å². The topological polar surface area (TPSA) is 26.3 Å². The Morgan fingerprint density at radius 1 is 1.19 bits per heavy atom. The molecule has 0 saturated heterocycles. The van der Waals surface area contributed by atoms with Gasteiger partial charge in [-0.2, -0.15) is 0 Å². The standard InChI is InChI=1S/C13H19O2P/c1-4-16(5-2)10-11-6-8-12(9-7-11)13(14)15-3/h6-9H,4-5,10H2,1-3H3. The molecular weight excluding hydrogens is 219 g/mol. The molecule has 16 heavy (non-hydrogen) atoms. The highest BCUT2D eigenvalue weighted by atomic mass is 31.1. The van der Waals surface area contributed by atoms with Crippen molar-refractivity contribution in [3.8, 4) is 0 Å². The lowest BCUT2D eigenvalue weighted by Crippen LogP contribution is -2.00. The molecule has 2 nitrogen and oxygen atoms in total. The van der Waals surface area contributed by atoms with E-state index in [1.165, 1.54) is 25.0 Å². The first-order chi connectivity index (χ1) is 7.71. The quantitative estimate of drug-likeness (QED) is 0.579. The van der Waals surface area contributed by atoms with Crippen LogP contribution in [0.5, 0.6) is 0 Å². The highest BCUT2D eigenvalue weighted by Gasteiger charge is 2.07. The van der Waals surface area contributed by atoms with Crippen molar-refractivity contribution >= 4 is 13.9 Å². The first kappa shape index (κ1) is 13.2. The van der Waals surface area contributed by atoms with Gasteiger partial charge in [0.05, 0.1) is 12.7 Å². The molecule has 0 aliphatic heterocycles. The molecule has 0 fully saturated rings. The molecule has 0 atom stereocenters. The van der Waals surface area contributed by atoms with Crippen molar-refractivity contribution in [2.24, 2.45) is 0 Å². The fraction of sp³-hybridized carbons (Fsp3) is 0.462. The summed E-state index contributed by atoms with van der Waals surface area (Å²) in [6.07, 6.45) is 3.69. The molecule has 0 aliphatic carbocycles. The van der Waals surface area contributed by atoms with Crippen molar-refractivity contribution in [2.75, 3.05) is 19.4 Å². The maximum Gasteiger partial charge on any atom is 0.337 e. The molecule has 0 N–H and O–H groups in total. The Kier molecular flexibility index (Phi) is 5.48. The fourth-order valence-corrected chi connectivity index (χ4v) is 3.19. The predicted molar refractivity (Wildman–Crippen MR) is 69.5 cm³/mol. The summed E-state index contributed by atoms with van der Waals surface area (Å²) < 4.78 is 4.66. The van der Waals surface area contributed by atoms with Crippen LogP contribution in [-0.2, 0) is 10.9 Å². The number of hydrogen-bond donors (Lipinski definition) is 0. The largest absolute Gasteiger partial charge is 0.465 e. The normalized spacial score (nSPS) is 10.5. The van der Waals surface area contributed by atoms with Gasteiger partial charge in [0.25, 0.3) is 0 Å². The molecule has 0 unspecified atom stereocenters. The molecule has 0 radical (unpaired) electrons. The third kappa shape index (κ3) is 3.61. The van der Waals surface area contributed by atoms with E-state index in [-0.39, 0.29) is 13.9 Å². The Bertz CT molecular complexity index is 328. The van der Waals surface area contributed by atoms with E-state index in [0.717, 1.165) is 6.16 Å². The van der Waals surface area contributed by atoms with Crippen LogP contribution in [0.4, 0.5) is 0 Å². The van der Waals surface area contributed by atoms with Crippen molar-refractivity contribution in [1.82, 2.24) is 0 Å². The number of carbonyl (C=O) groups excluding carboxylic acids is 1. The summed E-state index contributed by atoms with van der Waals surface area (Å²) in [5.41, 5.74) is 1.95. The van der Waals surface area contributed by atoms with Crippen molar-refractivity contribution in [3.63, 3.8) is 0 Å². The van der Waals surface area contributed by atoms with Gasteiger partial charge in [-0.1, -0.05) is 26.0 Å². The van der Waals surface area contributed by atoms with Crippen LogP contribution in [-0.4, -0.2) is 25.4 Å². The second-order valence-corrected chi connectivity index (χ2v) is 6.57. The molecular formula is C13H19O2P. The second kappa shape index (κ2) is 6.65. The minimum absolute atomic E-state index is 0.123. The minimum Gasteiger partial charge on any atom is -0.465 e. The average Bonchev–Trinajstić information content (AvgIpc) is 2.35. The first-order valence-corrected chi connectivity index (χ1v) is 7.50. The van der Waals surface area contributed by atoms with Crippen molar-refractivity contribution < 1.29 is 9.53 Å². The smallest absolute Gasteiger partial charge is 0.337 e. The minimum atomic E-state index is -0.264. The molecule has 0 aliphatic rings. The van der Waals surface area contributed by atoms with Gasteiger partial charge in [0.15, 0.2) is 0 Å². The van der Waals surface area contributed by atoms with E-state index in [1.807, 2.05) is 24.3 Å². The van der Waals surface area contributed by atoms with Gasteiger partial charge in [0.1, 0.15) is 0 Å². The zero-order valence-corrected chi connectivity index (χ0v) is 11.1. The van der Waals surface area contributed by atoms with Crippen LogP contribution < -0.4 is 0 Å². The van der Waals surface area contributed by atoms with Crippen LogP contribution in [0, 0.1) is 0 Å². The number of methoxy groups -OCH3 is 1. The summed E-state index contributed by atoms with van der Waals surface area (Å²) in [5, 5.41) is 0. The molecule has 0 bridgehead atoms. The maximum absolute atomic E-state index is 11.2. The van der Waals surface area contributed by atoms with Gasteiger partial charge in [-0.05, 0) is 36.2 Å².